The van der Waals surface area contributed by atoms with Gasteiger partial charge in [0.1, 0.15) is 0 Å². The van der Waals surface area contributed by atoms with Crippen LogP contribution in [0.1, 0.15) is 42.5 Å². The first-order valence-corrected chi connectivity index (χ1v) is 7.56. The van der Waals surface area contributed by atoms with Crippen LogP contribution in [0, 0.1) is 11.8 Å². The Bertz CT molecular complexity index is 648. The van der Waals surface area contributed by atoms with Gasteiger partial charge >= 0.3 is 0 Å². The fourth-order valence-corrected chi connectivity index (χ4v) is 4.10. The van der Waals surface area contributed by atoms with Crippen molar-refractivity contribution >= 4 is 11.4 Å². The Morgan fingerprint density at radius 1 is 1.25 bits per heavy atom. The van der Waals surface area contributed by atoms with Gasteiger partial charge in [-0.2, -0.15) is 5.10 Å². The molecule has 0 radical (unpaired) electrons. The van der Waals surface area contributed by atoms with Gasteiger partial charge < -0.3 is 5.32 Å². The fourth-order valence-electron chi connectivity index (χ4n) is 4.10. The molecular formula is C16H19N3O. The second-order valence-corrected chi connectivity index (χ2v) is 6.10. The number of carbonyl (C=O) groups excluding carboxylic acids is 1. The number of carbonyl (C=O) groups is 1. The van der Waals surface area contributed by atoms with Crippen molar-refractivity contribution in [3.8, 4) is 0 Å². The number of nitrogens with zero attached hydrogens (tertiary/aromatic N) is 2. The summed E-state index contributed by atoms with van der Waals surface area (Å²) in [5, 5.41) is 7.49. The zero-order chi connectivity index (χ0) is 13.5. The van der Waals surface area contributed by atoms with E-state index in [0.29, 0.717) is 17.5 Å². The van der Waals surface area contributed by atoms with Crippen molar-refractivity contribution < 1.29 is 4.79 Å². The number of amides is 1. The highest BCUT2D eigenvalue weighted by Gasteiger charge is 2.39. The molecule has 2 aliphatic rings. The minimum atomic E-state index is 0.0312. The van der Waals surface area contributed by atoms with Gasteiger partial charge in [-0.3, -0.25) is 4.79 Å². The molecule has 0 spiro atoms. The molecule has 0 bridgehead atoms. The topological polar surface area (TPSA) is 46.4 Å². The molecule has 2 aliphatic carbocycles. The van der Waals surface area contributed by atoms with Crippen molar-refractivity contribution in [3.63, 3.8) is 0 Å². The van der Waals surface area contributed by atoms with Crippen LogP contribution in [0.15, 0.2) is 30.6 Å². The van der Waals surface area contributed by atoms with E-state index < -0.39 is 0 Å². The lowest BCUT2D eigenvalue weighted by Gasteiger charge is -2.19. The lowest BCUT2D eigenvalue weighted by molar-refractivity contribution is 0.0928. The van der Waals surface area contributed by atoms with Gasteiger partial charge in [-0.15, -0.1) is 0 Å². The molecule has 3 atom stereocenters. The van der Waals surface area contributed by atoms with E-state index in [1.807, 2.05) is 24.4 Å². The second kappa shape index (κ2) is 4.62. The molecule has 2 heterocycles. The van der Waals surface area contributed by atoms with Crippen LogP contribution in [0.5, 0.6) is 0 Å². The van der Waals surface area contributed by atoms with E-state index in [4.69, 9.17) is 0 Å². The first-order valence-electron chi connectivity index (χ1n) is 7.56. The molecule has 104 valence electrons. The minimum Gasteiger partial charge on any atom is -0.349 e. The van der Waals surface area contributed by atoms with E-state index >= 15 is 0 Å². The minimum absolute atomic E-state index is 0.0312. The van der Waals surface area contributed by atoms with Crippen LogP contribution in [0.4, 0.5) is 0 Å². The lowest BCUT2D eigenvalue weighted by atomic mass is 9.97. The number of pyridine rings is 1. The summed E-state index contributed by atoms with van der Waals surface area (Å²) in [6.07, 6.45) is 9.93. The van der Waals surface area contributed by atoms with Crippen molar-refractivity contribution in [2.24, 2.45) is 11.8 Å². The van der Waals surface area contributed by atoms with E-state index in [-0.39, 0.29) is 5.91 Å². The lowest BCUT2D eigenvalue weighted by Crippen LogP contribution is -2.37. The smallest absolute Gasteiger partial charge is 0.255 e. The Morgan fingerprint density at radius 2 is 2.20 bits per heavy atom. The van der Waals surface area contributed by atoms with Crippen molar-refractivity contribution in [2.45, 2.75) is 38.1 Å². The number of hydrogen-bond donors (Lipinski definition) is 1. The first-order chi connectivity index (χ1) is 9.83. The molecule has 4 heteroatoms. The summed E-state index contributed by atoms with van der Waals surface area (Å²) in [5.74, 6) is 1.59. The third-order valence-electron chi connectivity index (χ3n) is 5.07. The summed E-state index contributed by atoms with van der Waals surface area (Å²) in [4.78, 5) is 12.5. The molecular weight excluding hydrogens is 250 g/mol. The van der Waals surface area contributed by atoms with E-state index in [9.17, 15) is 4.79 Å². The quantitative estimate of drug-likeness (QED) is 0.911. The van der Waals surface area contributed by atoms with Gasteiger partial charge in [-0.1, -0.05) is 18.9 Å². The van der Waals surface area contributed by atoms with E-state index in [0.717, 1.165) is 17.9 Å². The molecule has 4 rings (SSSR count). The maximum Gasteiger partial charge on any atom is 0.255 e. The van der Waals surface area contributed by atoms with Crippen LogP contribution < -0.4 is 5.32 Å². The van der Waals surface area contributed by atoms with Crippen LogP contribution >= 0.6 is 0 Å². The molecule has 2 fully saturated rings. The third kappa shape index (κ3) is 1.82. The van der Waals surface area contributed by atoms with Crippen LogP contribution in [0.25, 0.3) is 5.52 Å². The summed E-state index contributed by atoms with van der Waals surface area (Å²) in [7, 11) is 0. The van der Waals surface area contributed by atoms with Crippen LogP contribution in [0.2, 0.25) is 0 Å². The summed E-state index contributed by atoms with van der Waals surface area (Å²) in [6, 6.07) is 6.17. The SMILES string of the molecule is O=C(N[C@H]1CC[C@@H]2CCC[C@@H]21)c1cnn2ccccc12. The Kier molecular flexibility index (Phi) is 2.76. The average Bonchev–Trinajstić information content (AvgIpc) is 3.14. The van der Waals surface area contributed by atoms with E-state index in [1.54, 1.807) is 10.7 Å². The van der Waals surface area contributed by atoms with Crippen LogP contribution in [-0.2, 0) is 0 Å². The molecule has 2 aromatic heterocycles. The van der Waals surface area contributed by atoms with Gasteiger partial charge in [0.05, 0.1) is 17.3 Å². The number of aromatic nitrogens is 2. The zero-order valence-electron chi connectivity index (χ0n) is 11.5. The summed E-state index contributed by atoms with van der Waals surface area (Å²) in [6.45, 7) is 0. The van der Waals surface area contributed by atoms with Crippen LogP contribution in [0.3, 0.4) is 0 Å². The summed E-state index contributed by atoms with van der Waals surface area (Å²) < 4.78 is 1.75. The molecule has 4 nitrogen and oxygen atoms in total. The molecule has 0 aromatic carbocycles. The Morgan fingerprint density at radius 3 is 3.15 bits per heavy atom. The highest BCUT2D eigenvalue weighted by atomic mass is 16.1. The molecule has 0 aliphatic heterocycles. The summed E-state index contributed by atoms with van der Waals surface area (Å²) >= 11 is 0. The molecule has 1 amide bonds. The van der Waals surface area contributed by atoms with Crippen molar-refractivity contribution in [2.75, 3.05) is 0 Å². The van der Waals surface area contributed by atoms with Gasteiger partial charge in [0, 0.05) is 12.2 Å². The highest BCUT2D eigenvalue weighted by Crippen LogP contribution is 2.44. The molecule has 20 heavy (non-hydrogen) atoms. The number of fused-ring (bicyclic) bond motifs is 2. The Hall–Kier alpha value is -1.84. The molecule has 0 saturated heterocycles. The first kappa shape index (κ1) is 11.9. The Labute approximate surface area is 118 Å². The molecule has 1 N–H and O–H groups in total. The standard InChI is InChI=1S/C16H19N3O/c20-16(13-10-17-19-9-2-1-6-15(13)19)18-14-8-7-11-4-3-5-12(11)14/h1-2,6,9-12,14H,3-5,7-8H2,(H,18,20)/t11-,12-,14-/m0/s1. The van der Waals surface area contributed by atoms with Gasteiger partial charge in [-0.05, 0) is 43.2 Å². The fraction of sp³-hybridized carbons (Fsp3) is 0.500. The maximum atomic E-state index is 12.5. The molecule has 0 unspecified atom stereocenters. The van der Waals surface area contributed by atoms with Crippen LogP contribution in [-0.4, -0.2) is 21.6 Å². The molecule has 2 aromatic rings. The normalized spacial score (nSPS) is 28.7. The number of rotatable bonds is 2. The third-order valence-corrected chi connectivity index (χ3v) is 5.07. The van der Waals surface area contributed by atoms with Crippen molar-refractivity contribution in [1.82, 2.24) is 14.9 Å². The van der Waals surface area contributed by atoms with Gasteiger partial charge in [0.15, 0.2) is 0 Å². The van der Waals surface area contributed by atoms with Crippen molar-refractivity contribution in [1.29, 1.82) is 0 Å². The second-order valence-electron chi connectivity index (χ2n) is 6.10. The maximum absolute atomic E-state index is 12.5. The average molecular weight is 269 g/mol. The number of nitrogens with one attached hydrogen (secondary N) is 1. The van der Waals surface area contributed by atoms with Crippen molar-refractivity contribution in [3.05, 3.63) is 36.2 Å². The largest absolute Gasteiger partial charge is 0.349 e. The van der Waals surface area contributed by atoms with Gasteiger partial charge in [-0.25, -0.2) is 4.52 Å². The van der Waals surface area contributed by atoms with Gasteiger partial charge in [0.25, 0.3) is 5.91 Å². The zero-order valence-corrected chi connectivity index (χ0v) is 11.5. The Balaban J connectivity index is 1.56. The van der Waals surface area contributed by atoms with E-state index in [2.05, 4.69) is 10.4 Å². The monoisotopic (exact) mass is 269 g/mol. The van der Waals surface area contributed by atoms with E-state index in [1.165, 1.54) is 25.7 Å². The summed E-state index contributed by atoms with van der Waals surface area (Å²) in [5.41, 5.74) is 1.57. The predicted octanol–water partition coefficient (Wildman–Crippen LogP) is 2.64. The highest BCUT2D eigenvalue weighted by molar-refractivity contribution is 6.00. The van der Waals surface area contributed by atoms with Gasteiger partial charge in [0.2, 0.25) is 0 Å². The predicted molar refractivity (Wildman–Crippen MR) is 76.5 cm³/mol. The number of hydrogen-bond acceptors (Lipinski definition) is 2. The molecule has 2 saturated carbocycles.